The molecule has 0 saturated carbocycles. The van der Waals surface area contributed by atoms with Crippen LogP contribution in [0.15, 0.2) is 73.1 Å². The number of benzene rings is 2. The van der Waals surface area contributed by atoms with Gasteiger partial charge in [-0.05, 0) is 60.5 Å². The molecule has 0 aliphatic heterocycles. The normalized spacial score (nSPS) is 11.0. The Morgan fingerprint density at radius 1 is 0.939 bits per heavy atom. The predicted octanol–water partition coefficient (Wildman–Crippen LogP) is 5.02. The molecule has 33 heavy (non-hydrogen) atoms. The van der Waals surface area contributed by atoms with E-state index in [4.69, 9.17) is 14.7 Å². The molecule has 5 rings (SSSR count). The Morgan fingerprint density at radius 3 is 2.55 bits per heavy atom. The first-order valence-corrected chi connectivity index (χ1v) is 10.7. The maximum Gasteiger partial charge on any atom is 0.163 e. The molecule has 7 nitrogen and oxygen atoms in total. The summed E-state index contributed by atoms with van der Waals surface area (Å²) in [5.41, 5.74) is 5.90. The molecule has 1 N–H and O–H groups in total. The Labute approximate surface area is 192 Å². The quantitative estimate of drug-likeness (QED) is 0.403. The minimum absolute atomic E-state index is 0.466. The van der Waals surface area contributed by atoms with Gasteiger partial charge in [-0.3, -0.25) is 9.67 Å². The summed E-state index contributed by atoms with van der Waals surface area (Å²) in [5.74, 6) is 2.23. The van der Waals surface area contributed by atoms with Gasteiger partial charge in [0.25, 0.3) is 0 Å². The molecule has 0 aliphatic carbocycles. The molecule has 0 bridgehead atoms. The van der Waals surface area contributed by atoms with E-state index in [9.17, 15) is 0 Å². The summed E-state index contributed by atoms with van der Waals surface area (Å²) >= 11 is 0. The summed E-state index contributed by atoms with van der Waals surface area (Å²) in [7, 11) is 3.80. The number of hydrogen-bond donors (Lipinski definition) is 1. The van der Waals surface area contributed by atoms with Gasteiger partial charge < -0.3 is 10.1 Å². The number of aromatic nitrogens is 5. The number of hydrogen-bond acceptors (Lipinski definition) is 6. The highest BCUT2D eigenvalue weighted by Gasteiger charge is 2.11. The molecule has 3 aromatic heterocycles. The van der Waals surface area contributed by atoms with Crippen molar-refractivity contribution in [2.75, 3.05) is 12.4 Å². The standard InChI is InChI=1S/C26H24N6O/c1-17-12-21(32(3)31-17)16-33-22-8-4-6-18(13-22)19-9-10-24-23(14-19)26(27-2)30-25(29-24)20-7-5-11-28-15-20/h4-15H,16H2,1-3H3,(H,27,29,30). The summed E-state index contributed by atoms with van der Waals surface area (Å²) in [5, 5.41) is 8.54. The fraction of sp³-hybridized carbons (Fsp3) is 0.154. The highest BCUT2D eigenvalue weighted by Crippen LogP contribution is 2.31. The van der Waals surface area contributed by atoms with Gasteiger partial charge in [0, 0.05) is 37.4 Å². The second-order valence-electron chi connectivity index (χ2n) is 7.84. The van der Waals surface area contributed by atoms with Crippen molar-refractivity contribution < 1.29 is 4.74 Å². The number of fused-ring (bicyclic) bond motifs is 1. The van der Waals surface area contributed by atoms with Crippen molar-refractivity contribution in [2.24, 2.45) is 7.05 Å². The lowest BCUT2D eigenvalue weighted by Crippen LogP contribution is -2.03. The van der Waals surface area contributed by atoms with Gasteiger partial charge in [0.2, 0.25) is 0 Å². The van der Waals surface area contributed by atoms with Crippen molar-refractivity contribution in [3.05, 3.63) is 84.4 Å². The molecule has 0 spiro atoms. The summed E-state index contributed by atoms with van der Waals surface area (Å²) < 4.78 is 7.89. The van der Waals surface area contributed by atoms with Crippen molar-refractivity contribution in [1.29, 1.82) is 0 Å². The molecule has 0 radical (unpaired) electrons. The topological polar surface area (TPSA) is 77.8 Å². The lowest BCUT2D eigenvalue weighted by molar-refractivity contribution is 0.295. The summed E-state index contributed by atoms with van der Waals surface area (Å²) in [6, 6.07) is 20.2. The molecule has 0 fully saturated rings. The van der Waals surface area contributed by atoms with Gasteiger partial charge in [0.1, 0.15) is 18.2 Å². The van der Waals surface area contributed by atoms with Crippen LogP contribution in [-0.2, 0) is 13.7 Å². The third-order valence-corrected chi connectivity index (χ3v) is 5.51. The van der Waals surface area contributed by atoms with E-state index in [0.29, 0.717) is 12.4 Å². The molecule has 164 valence electrons. The molecule has 0 amide bonds. The van der Waals surface area contributed by atoms with E-state index in [0.717, 1.165) is 50.5 Å². The molecule has 7 heteroatoms. The predicted molar refractivity (Wildman–Crippen MR) is 130 cm³/mol. The fourth-order valence-corrected chi connectivity index (χ4v) is 3.84. The number of anilines is 1. The molecule has 0 aliphatic rings. The zero-order valence-electron chi connectivity index (χ0n) is 18.8. The van der Waals surface area contributed by atoms with E-state index in [2.05, 4.69) is 33.6 Å². The van der Waals surface area contributed by atoms with Crippen LogP contribution in [0.1, 0.15) is 11.4 Å². The minimum Gasteiger partial charge on any atom is -0.487 e. The van der Waals surface area contributed by atoms with Crippen molar-refractivity contribution >= 4 is 16.7 Å². The monoisotopic (exact) mass is 436 g/mol. The van der Waals surface area contributed by atoms with Gasteiger partial charge in [0.15, 0.2) is 5.82 Å². The van der Waals surface area contributed by atoms with E-state index < -0.39 is 0 Å². The molecular weight excluding hydrogens is 412 g/mol. The third-order valence-electron chi connectivity index (χ3n) is 5.51. The third kappa shape index (κ3) is 4.25. The zero-order chi connectivity index (χ0) is 22.8. The van der Waals surface area contributed by atoms with Crippen LogP contribution < -0.4 is 10.1 Å². The SMILES string of the molecule is CNc1nc(-c2cccnc2)nc2ccc(-c3cccc(OCc4cc(C)nn4C)c3)cc12. The van der Waals surface area contributed by atoms with E-state index in [-0.39, 0.29) is 0 Å². The number of nitrogens with one attached hydrogen (secondary N) is 1. The second-order valence-corrected chi connectivity index (χ2v) is 7.84. The Hall–Kier alpha value is -4.26. The average molecular weight is 437 g/mol. The van der Waals surface area contributed by atoms with Crippen LogP contribution in [-0.4, -0.2) is 31.8 Å². The lowest BCUT2D eigenvalue weighted by Gasteiger charge is -2.11. The van der Waals surface area contributed by atoms with Crippen molar-refractivity contribution in [2.45, 2.75) is 13.5 Å². The van der Waals surface area contributed by atoms with Crippen LogP contribution in [0.25, 0.3) is 33.4 Å². The van der Waals surface area contributed by atoms with Crippen LogP contribution in [0.5, 0.6) is 5.75 Å². The van der Waals surface area contributed by atoms with E-state index >= 15 is 0 Å². The van der Waals surface area contributed by atoms with Crippen LogP contribution in [0.4, 0.5) is 5.82 Å². The fourth-order valence-electron chi connectivity index (χ4n) is 3.84. The van der Waals surface area contributed by atoms with Crippen LogP contribution in [0.3, 0.4) is 0 Å². The number of rotatable bonds is 6. The van der Waals surface area contributed by atoms with Gasteiger partial charge >= 0.3 is 0 Å². The van der Waals surface area contributed by atoms with E-state index in [1.54, 1.807) is 12.4 Å². The average Bonchev–Trinajstić information content (AvgIpc) is 3.19. The summed E-state index contributed by atoms with van der Waals surface area (Å²) in [6.45, 7) is 2.44. The van der Waals surface area contributed by atoms with Crippen molar-refractivity contribution in [3.63, 3.8) is 0 Å². The van der Waals surface area contributed by atoms with Crippen LogP contribution >= 0.6 is 0 Å². The zero-order valence-corrected chi connectivity index (χ0v) is 18.8. The van der Waals surface area contributed by atoms with E-state index in [1.165, 1.54) is 0 Å². The molecule has 0 saturated heterocycles. The number of aryl methyl sites for hydroxylation is 2. The highest BCUT2D eigenvalue weighted by molar-refractivity contribution is 5.94. The van der Waals surface area contributed by atoms with Crippen LogP contribution in [0.2, 0.25) is 0 Å². The maximum absolute atomic E-state index is 6.04. The van der Waals surface area contributed by atoms with E-state index in [1.807, 2.05) is 68.2 Å². The smallest absolute Gasteiger partial charge is 0.163 e. The molecule has 0 atom stereocenters. The number of nitrogens with zero attached hydrogens (tertiary/aromatic N) is 5. The first-order valence-electron chi connectivity index (χ1n) is 10.7. The Kier molecular flexibility index (Phi) is 5.44. The minimum atomic E-state index is 0.466. The number of ether oxygens (including phenoxy) is 1. The van der Waals surface area contributed by atoms with Crippen molar-refractivity contribution in [3.8, 4) is 28.3 Å². The molecule has 5 aromatic rings. The molecule has 2 aromatic carbocycles. The van der Waals surface area contributed by atoms with Gasteiger partial charge in [-0.2, -0.15) is 5.10 Å². The Balaban J connectivity index is 1.46. The summed E-state index contributed by atoms with van der Waals surface area (Å²) in [6.07, 6.45) is 3.51. The van der Waals surface area contributed by atoms with Gasteiger partial charge in [-0.25, -0.2) is 9.97 Å². The first kappa shape index (κ1) is 20.6. The van der Waals surface area contributed by atoms with Gasteiger partial charge in [-0.1, -0.05) is 18.2 Å². The second kappa shape index (κ2) is 8.70. The first-order chi connectivity index (χ1) is 16.1. The maximum atomic E-state index is 6.04. The molecule has 3 heterocycles. The largest absolute Gasteiger partial charge is 0.487 e. The lowest BCUT2D eigenvalue weighted by atomic mass is 10.0. The van der Waals surface area contributed by atoms with Gasteiger partial charge in [0.05, 0.1) is 16.9 Å². The number of pyridine rings is 1. The Bertz CT molecular complexity index is 1430. The van der Waals surface area contributed by atoms with Crippen molar-refractivity contribution in [1.82, 2.24) is 24.7 Å². The van der Waals surface area contributed by atoms with Crippen LogP contribution in [0, 0.1) is 6.92 Å². The molecular formula is C26H24N6O. The van der Waals surface area contributed by atoms with Gasteiger partial charge in [-0.15, -0.1) is 0 Å². The Morgan fingerprint density at radius 2 is 1.79 bits per heavy atom. The molecule has 0 unspecified atom stereocenters. The summed E-state index contributed by atoms with van der Waals surface area (Å²) in [4.78, 5) is 13.7. The highest BCUT2D eigenvalue weighted by atomic mass is 16.5.